The van der Waals surface area contributed by atoms with E-state index in [9.17, 15) is 4.79 Å². The first kappa shape index (κ1) is 18.2. The summed E-state index contributed by atoms with van der Waals surface area (Å²) in [4.78, 5) is 21.2. The number of rotatable bonds is 6. The second-order valence-electron chi connectivity index (χ2n) is 6.96. The van der Waals surface area contributed by atoms with Crippen LogP contribution in [0.3, 0.4) is 0 Å². The van der Waals surface area contributed by atoms with Crippen molar-refractivity contribution in [2.75, 3.05) is 10.6 Å². The van der Waals surface area contributed by atoms with Gasteiger partial charge in [-0.1, -0.05) is 12.8 Å². The summed E-state index contributed by atoms with van der Waals surface area (Å²) in [6, 6.07) is 9.48. The Bertz CT molecular complexity index is 753. The van der Waals surface area contributed by atoms with Gasteiger partial charge in [-0.05, 0) is 57.9 Å². The fourth-order valence-corrected chi connectivity index (χ4v) is 3.12. The third-order valence-corrected chi connectivity index (χ3v) is 4.26. The Morgan fingerprint density at radius 3 is 2.50 bits per heavy atom. The zero-order valence-electron chi connectivity index (χ0n) is 15.6. The number of carbonyl (C=O) groups excluding carboxylic acids is 1. The Morgan fingerprint density at radius 2 is 1.85 bits per heavy atom. The first-order valence-corrected chi connectivity index (χ1v) is 9.20. The molecule has 2 N–H and O–H groups in total. The van der Waals surface area contributed by atoms with Crippen molar-refractivity contribution in [3.63, 3.8) is 0 Å². The molecular formula is C20H26N4O2. The molecule has 1 aromatic heterocycles. The Hall–Kier alpha value is -2.63. The first-order valence-electron chi connectivity index (χ1n) is 9.20. The molecule has 1 saturated carbocycles. The molecule has 0 aliphatic heterocycles. The molecule has 2 aromatic rings. The molecular weight excluding hydrogens is 328 g/mol. The molecule has 0 saturated heterocycles. The van der Waals surface area contributed by atoms with Crippen molar-refractivity contribution in [3.05, 3.63) is 41.9 Å². The van der Waals surface area contributed by atoms with Gasteiger partial charge in [-0.3, -0.25) is 4.79 Å². The minimum absolute atomic E-state index is 0.116. The molecule has 6 heteroatoms. The van der Waals surface area contributed by atoms with E-state index >= 15 is 0 Å². The number of nitrogens with zero attached hydrogens (tertiary/aromatic N) is 2. The van der Waals surface area contributed by atoms with E-state index in [-0.39, 0.29) is 12.0 Å². The predicted octanol–water partition coefficient (Wildman–Crippen LogP) is 4.18. The van der Waals surface area contributed by atoms with E-state index in [1.165, 1.54) is 12.8 Å². The zero-order valence-corrected chi connectivity index (χ0v) is 15.6. The number of benzene rings is 1. The quantitative estimate of drug-likeness (QED) is 0.814. The van der Waals surface area contributed by atoms with Crippen LogP contribution in [0.15, 0.2) is 30.3 Å². The highest BCUT2D eigenvalue weighted by atomic mass is 16.5. The second kappa shape index (κ2) is 8.17. The molecule has 3 rings (SSSR count). The van der Waals surface area contributed by atoms with Gasteiger partial charge < -0.3 is 15.4 Å². The van der Waals surface area contributed by atoms with Crippen LogP contribution in [-0.2, 0) is 0 Å². The summed E-state index contributed by atoms with van der Waals surface area (Å²) < 4.78 is 5.61. The number of hydrogen-bond acceptors (Lipinski definition) is 5. The van der Waals surface area contributed by atoms with Gasteiger partial charge in [0.2, 0.25) is 0 Å². The van der Waals surface area contributed by atoms with Crippen LogP contribution in [-0.4, -0.2) is 28.0 Å². The van der Waals surface area contributed by atoms with Crippen LogP contribution in [0.1, 0.15) is 55.8 Å². The molecule has 1 aromatic carbocycles. The Balaban J connectivity index is 1.67. The van der Waals surface area contributed by atoms with Crippen molar-refractivity contribution in [3.8, 4) is 5.75 Å². The van der Waals surface area contributed by atoms with Crippen molar-refractivity contribution in [1.29, 1.82) is 0 Å². The summed E-state index contributed by atoms with van der Waals surface area (Å²) >= 11 is 0. The summed E-state index contributed by atoms with van der Waals surface area (Å²) in [5.41, 5.74) is 1.06. The maximum Gasteiger partial charge on any atom is 0.274 e. The summed E-state index contributed by atoms with van der Waals surface area (Å²) in [5, 5.41) is 6.29. The summed E-state index contributed by atoms with van der Waals surface area (Å²) in [6.07, 6.45) is 4.90. The van der Waals surface area contributed by atoms with Gasteiger partial charge in [-0.15, -0.1) is 0 Å². The molecule has 0 unspecified atom stereocenters. The molecule has 0 spiro atoms. The normalized spacial score (nSPS) is 14.5. The SMILES string of the molecule is Cc1nc(NC2CCCC2)cc(C(=O)Nc2ccc(OC(C)C)cc2)n1. The van der Waals surface area contributed by atoms with Gasteiger partial charge in [-0.2, -0.15) is 0 Å². The lowest BCUT2D eigenvalue weighted by molar-refractivity contribution is 0.102. The molecule has 0 radical (unpaired) electrons. The lowest BCUT2D eigenvalue weighted by Crippen LogP contribution is -2.19. The lowest BCUT2D eigenvalue weighted by atomic mass is 10.2. The zero-order chi connectivity index (χ0) is 18.5. The van der Waals surface area contributed by atoms with Crippen LogP contribution < -0.4 is 15.4 Å². The van der Waals surface area contributed by atoms with Gasteiger partial charge in [0.1, 0.15) is 23.1 Å². The molecule has 26 heavy (non-hydrogen) atoms. The van der Waals surface area contributed by atoms with Crippen molar-refractivity contribution in [1.82, 2.24) is 9.97 Å². The van der Waals surface area contributed by atoms with Crippen molar-refractivity contribution < 1.29 is 9.53 Å². The van der Waals surface area contributed by atoms with Crippen LogP contribution in [0.5, 0.6) is 5.75 Å². The Labute approximate surface area is 154 Å². The molecule has 1 aliphatic carbocycles. The third kappa shape index (κ3) is 4.94. The minimum Gasteiger partial charge on any atom is -0.491 e. The van der Waals surface area contributed by atoms with E-state index in [1.807, 2.05) is 38.1 Å². The topological polar surface area (TPSA) is 76.1 Å². The van der Waals surface area contributed by atoms with Crippen LogP contribution in [0, 0.1) is 6.92 Å². The number of anilines is 2. The predicted molar refractivity (Wildman–Crippen MR) is 103 cm³/mol. The van der Waals surface area contributed by atoms with Gasteiger partial charge in [0.25, 0.3) is 5.91 Å². The average Bonchev–Trinajstić information content (AvgIpc) is 3.08. The molecule has 138 valence electrons. The minimum atomic E-state index is -0.248. The highest BCUT2D eigenvalue weighted by Crippen LogP contribution is 2.22. The van der Waals surface area contributed by atoms with Crippen molar-refractivity contribution in [2.24, 2.45) is 0 Å². The van der Waals surface area contributed by atoms with E-state index in [0.717, 1.165) is 24.4 Å². The van der Waals surface area contributed by atoms with E-state index in [1.54, 1.807) is 13.0 Å². The maximum atomic E-state index is 12.6. The van der Waals surface area contributed by atoms with E-state index < -0.39 is 0 Å². The number of aryl methyl sites for hydroxylation is 1. The number of carbonyl (C=O) groups is 1. The van der Waals surface area contributed by atoms with Crippen molar-refractivity contribution >= 4 is 17.4 Å². The van der Waals surface area contributed by atoms with E-state index in [4.69, 9.17) is 4.74 Å². The maximum absolute atomic E-state index is 12.6. The third-order valence-electron chi connectivity index (χ3n) is 4.26. The molecule has 1 fully saturated rings. The number of nitrogens with one attached hydrogen (secondary N) is 2. The number of hydrogen-bond donors (Lipinski definition) is 2. The van der Waals surface area contributed by atoms with E-state index in [2.05, 4.69) is 20.6 Å². The summed E-state index contributed by atoms with van der Waals surface area (Å²) in [6.45, 7) is 5.75. The monoisotopic (exact) mass is 354 g/mol. The molecule has 1 amide bonds. The smallest absolute Gasteiger partial charge is 0.274 e. The van der Waals surface area contributed by atoms with Crippen molar-refractivity contribution in [2.45, 2.75) is 58.6 Å². The molecule has 6 nitrogen and oxygen atoms in total. The van der Waals surface area contributed by atoms with Crippen LogP contribution in [0.25, 0.3) is 0 Å². The highest BCUT2D eigenvalue weighted by Gasteiger charge is 2.17. The van der Waals surface area contributed by atoms with Crippen LogP contribution >= 0.6 is 0 Å². The Kier molecular flexibility index (Phi) is 5.71. The standard InChI is InChI=1S/C20H26N4O2/c1-13(2)26-17-10-8-16(9-11-17)24-20(25)18-12-19(22-14(3)21-18)23-15-6-4-5-7-15/h8-13,15H,4-7H2,1-3H3,(H,24,25)(H,21,22,23). The van der Waals surface area contributed by atoms with Gasteiger partial charge in [0.05, 0.1) is 6.10 Å². The number of aromatic nitrogens is 2. The molecule has 1 aliphatic rings. The van der Waals surface area contributed by atoms with Gasteiger partial charge in [0.15, 0.2) is 0 Å². The van der Waals surface area contributed by atoms with Gasteiger partial charge in [0, 0.05) is 17.8 Å². The first-order chi connectivity index (χ1) is 12.5. The van der Waals surface area contributed by atoms with Gasteiger partial charge in [-0.25, -0.2) is 9.97 Å². The van der Waals surface area contributed by atoms with Gasteiger partial charge >= 0.3 is 0 Å². The lowest BCUT2D eigenvalue weighted by Gasteiger charge is -2.14. The fraction of sp³-hybridized carbons (Fsp3) is 0.450. The highest BCUT2D eigenvalue weighted by molar-refractivity contribution is 6.03. The number of ether oxygens (including phenoxy) is 1. The number of amides is 1. The Morgan fingerprint density at radius 1 is 1.15 bits per heavy atom. The van der Waals surface area contributed by atoms with Crippen LogP contribution in [0.2, 0.25) is 0 Å². The average molecular weight is 354 g/mol. The molecule has 0 bridgehead atoms. The summed E-state index contributed by atoms with van der Waals surface area (Å²) in [5.74, 6) is 1.83. The fourth-order valence-electron chi connectivity index (χ4n) is 3.12. The van der Waals surface area contributed by atoms with E-state index in [0.29, 0.717) is 23.2 Å². The second-order valence-corrected chi connectivity index (χ2v) is 6.96. The summed E-state index contributed by atoms with van der Waals surface area (Å²) in [7, 11) is 0. The molecule has 1 heterocycles. The molecule has 0 atom stereocenters. The van der Waals surface area contributed by atoms with Crippen LogP contribution in [0.4, 0.5) is 11.5 Å². The largest absolute Gasteiger partial charge is 0.491 e.